The van der Waals surface area contributed by atoms with Crippen molar-refractivity contribution in [1.82, 2.24) is 20.2 Å². The number of amides is 2. The van der Waals surface area contributed by atoms with E-state index in [1.54, 1.807) is 6.07 Å². The summed E-state index contributed by atoms with van der Waals surface area (Å²) in [5.74, 6) is -2.59. The molecular weight excluding hydrogens is 256 g/mol. The quantitative estimate of drug-likeness (QED) is 0.612. The molecule has 0 aliphatic rings. The van der Waals surface area contributed by atoms with E-state index in [0.717, 1.165) is 0 Å². The summed E-state index contributed by atoms with van der Waals surface area (Å²) in [5.41, 5.74) is 0.522. The molecule has 0 saturated heterocycles. The molecule has 1 heterocycles. The van der Waals surface area contributed by atoms with Gasteiger partial charge in [-0.15, -0.1) is 0 Å². The largest absolute Gasteiger partial charge is 0.480 e. The number of hydrogen-bond acceptors (Lipinski definition) is 5. The highest BCUT2D eigenvalue weighted by atomic mass is 16.4. The molecule has 1 aromatic rings. The van der Waals surface area contributed by atoms with Gasteiger partial charge in [0, 0.05) is 6.20 Å². The van der Waals surface area contributed by atoms with Gasteiger partial charge in [-0.3, -0.25) is 9.59 Å². The zero-order valence-corrected chi connectivity index (χ0v) is 9.81. The summed E-state index contributed by atoms with van der Waals surface area (Å²) in [7, 11) is 0. The van der Waals surface area contributed by atoms with Crippen LogP contribution in [0.3, 0.4) is 0 Å². The molecule has 1 aromatic heterocycles. The number of aromatic nitrogens is 2. The minimum atomic E-state index is -1.29. The fourth-order valence-corrected chi connectivity index (χ4v) is 1.23. The number of carbonyl (C=O) groups is 3. The Labute approximate surface area is 107 Å². The van der Waals surface area contributed by atoms with Gasteiger partial charge in [-0.1, -0.05) is 0 Å². The summed E-state index contributed by atoms with van der Waals surface area (Å²) >= 11 is 0. The van der Waals surface area contributed by atoms with Crippen molar-refractivity contribution < 1.29 is 24.6 Å². The van der Waals surface area contributed by atoms with Crippen LogP contribution < -0.4 is 5.32 Å². The Bertz CT molecular complexity index is 448. The van der Waals surface area contributed by atoms with Gasteiger partial charge in [0.25, 0.3) is 0 Å². The normalized spacial score (nSPS) is 9.68. The maximum absolute atomic E-state index is 11.6. The van der Waals surface area contributed by atoms with Crippen LogP contribution in [0.2, 0.25) is 0 Å². The van der Waals surface area contributed by atoms with Crippen LogP contribution in [0.25, 0.3) is 0 Å². The second-order valence-electron chi connectivity index (χ2n) is 3.50. The fourth-order valence-electron chi connectivity index (χ4n) is 1.23. The first kappa shape index (κ1) is 14.4. The van der Waals surface area contributed by atoms with Crippen LogP contribution in [0.5, 0.6) is 0 Å². The van der Waals surface area contributed by atoms with E-state index >= 15 is 0 Å². The van der Waals surface area contributed by atoms with Crippen LogP contribution in [0.15, 0.2) is 18.6 Å². The van der Waals surface area contributed by atoms with E-state index < -0.39 is 31.1 Å². The number of carboxylic acid groups (broad SMARTS) is 2. The van der Waals surface area contributed by atoms with E-state index in [9.17, 15) is 14.4 Å². The van der Waals surface area contributed by atoms with Crippen LogP contribution in [0, 0.1) is 0 Å². The topological polar surface area (TPSA) is 133 Å². The average Bonchev–Trinajstić information content (AvgIpc) is 2.35. The molecule has 102 valence electrons. The minimum Gasteiger partial charge on any atom is -0.480 e. The van der Waals surface area contributed by atoms with E-state index in [2.05, 4.69) is 15.3 Å². The molecule has 0 aliphatic carbocycles. The number of nitrogens with zero attached hydrogens (tertiary/aromatic N) is 3. The maximum Gasteiger partial charge on any atom is 0.323 e. The molecule has 0 atom stereocenters. The smallest absolute Gasteiger partial charge is 0.323 e. The number of carboxylic acids is 2. The van der Waals surface area contributed by atoms with Crippen molar-refractivity contribution in [2.45, 2.75) is 6.54 Å². The highest BCUT2D eigenvalue weighted by Crippen LogP contribution is 1.94. The van der Waals surface area contributed by atoms with Gasteiger partial charge in [0.1, 0.15) is 19.4 Å². The predicted molar refractivity (Wildman–Crippen MR) is 61.1 cm³/mol. The van der Waals surface area contributed by atoms with Crippen LogP contribution in [-0.4, -0.2) is 56.1 Å². The van der Waals surface area contributed by atoms with Crippen molar-refractivity contribution in [2.75, 3.05) is 13.1 Å². The van der Waals surface area contributed by atoms with Crippen LogP contribution >= 0.6 is 0 Å². The molecule has 0 spiro atoms. The fraction of sp³-hybridized carbons (Fsp3) is 0.300. The molecular formula is C10H12N4O5. The molecule has 2 amide bonds. The number of rotatable bonds is 6. The van der Waals surface area contributed by atoms with E-state index in [0.29, 0.717) is 10.6 Å². The lowest BCUT2D eigenvalue weighted by Gasteiger charge is -2.18. The summed E-state index contributed by atoms with van der Waals surface area (Å²) in [5, 5.41) is 19.6. The molecule has 9 nitrogen and oxygen atoms in total. The lowest BCUT2D eigenvalue weighted by Crippen LogP contribution is -2.45. The van der Waals surface area contributed by atoms with E-state index in [1.165, 1.54) is 12.5 Å². The standard InChI is InChI=1S/C10H12N4O5/c15-8(16)4-14(5-9(17)18)10(19)12-3-7-1-2-11-6-13-7/h1-2,6H,3-5H2,(H,12,19)(H,15,16)(H,17,18). The van der Waals surface area contributed by atoms with Gasteiger partial charge >= 0.3 is 18.0 Å². The van der Waals surface area contributed by atoms with Crippen molar-refractivity contribution in [2.24, 2.45) is 0 Å². The molecule has 1 rings (SSSR count). The third kappa shape index (κ3) is 5.44. The Hall–Kier alpha value is -2.71. The van der Waals surface area contributed by atoms with E-state index in [-0.39, 0.29) is 6.54 Å². The van der Waals surface area contributed by atoms with Crippen molar-refractivity contribution in [3.63, 3.8) is 0 Å². The number of nitrogens with one attached hydrogen (secondary N) is 1. The molecule has 0 aromatic carbocycles. The first-order chi connectivity index (χ1) is 8.99. The van der Waals surface area contributed by atoms with Gasteiger partial charge in [0.05, 0.1) is 12.2 Å². The molecule has 3 N–H and O–H groups in total. The molecule has 19 heavy (non-hydrogen) atoms. The summed E-state index contributed by atoms with van der Waals surface area (Å²) in [4.78, 5) is 40.9. The van der Waals surface area contributed by atoms with E-state index in [4.69, 9.17) is 10.2 Å². The average molecular weight is 268 g/mol. The summed E-state index contributed by atoms with van der Waals surface area (Å²) < 4.78 is 0. The Morgan fingerprint density at radius 3 is 2.32 bits per heavy atom. The SMILES string of the molecule is O=C(O)CN(CC(=O)O)C(=O)NCc1ccncn1. The second-order valence-corrected chi connectivity index (χ2v) is 3.50. The van der Waals surface area contributed by atoms with Gasteiger partial charge in [-0.2, -0.15) is 0 Å². The third-order valence-electron chi connectivity index (χ3n) is 2.00. The van der Waals surface area contributed by atoms with Crippen molar-refractivity contribution in [3.8, 4) is 0 Å². The van der Waals surface area contributed by atoms with Gasteiger partial charge in [-0.25, -0.2) is 14.8 Å². The number of carbonyl (C=O) groups excluding carboxylic acids is 1. The Morgan fingerprint density at radius 1 is 1.21 bits per heavy atom. The zero-order valence-electron chi connectivity index (χ0n) is 9.81. The van der Waals surface area contributed by atoms with Gasteiger partial charge in [0.2, 0.25) is 0 Å². The third-order valence-corrected chi connectivity index (χ3v) is 2.00. The van der Waals surface area contributed by atoms with Gasteiger partial charge in [0.15, 0.2) is 0 Å². The monoisotopic (exact) mass is 268 g/mol. The number of urea groups is 1. The first-order valence-electron chi connectivity index (χ1n) is 5.20. The lowest BCUT2D eigenvalue weighted by atomic mass is 10.4. The maximum atomic E-state index is 11.6. The van der Waals surface area contributed by atoms with Crippen molar-refractivity contribution in [3.05, 3.63) is 24.3 Å². The summed E-state index contributed by atoms with van der Waals surface area (Å²) in [6.07, 6.45) is 2.79. The molecule has 0 radical (unpaired) electrons. The van der Waals surface area contributed by atoms with Crippen LogP contribution in [0.4, 0.5) is 4.79 Å². The Kier molecular flexibility index (Phi) is 5.20. The first-order valence-corrected chi connectivity index (χ1v) is 5.20. The van der Waals surface area contributed by atoms with E-state index in [1.807, 2.05) is 0 Å². The second kappa shape index (κ2) is 6.89. The lowest BCUT2D eigenvalue weighted by molar-refractivity contribution is -0.140. The molecule has 9 heteroatoms. The predicted octanol–water partition coefficient (Wildman–Crippen LogP) is -0.843. The highest BCUT2D eigenvalue weighted by molar-refractivity contribution is 5.84. The Morgan fingerprint density at radius 2 is 1.84 bits per heavy atom. The van der Waals surface area contributed by atoms with Gasteiger partial charge < -0.3 is 20.4 Å². The highest BCUT2D eigenvalue weighted by Gasteiger charge is 2.19. The van der Waals surface area contributed by atoms with Crippen molar-refractivity contribution >= 4 is 18.0 Å². The molecule has 0 bridgehead atoms. The van der Waals surface area contributed by atoms with Crippen LogP contribution in [0.1, 0.15) is 5.69 Å². The van der Waals surface area contributed by atoms with Crippen molar-refractivity contribution in [1.29, 1.82) is 0 Å². The number of hydrogen-bond donors (Lipinski definition) is 3. The summed E-state index contributed by atoms with van der Waals surface area (Å²) in [6, 6.07) is 0.780. The van der Waals surface area contributed by atoms with Crippen LogP contribution in [-0.2, 0) is 16.1 Å². The molecule has 0 unspecified atom stereocenters. The minimum absolute atomic E-state index is 0.0527. The summed E-state index contributed by atoms with van der Waals surface area (Å²) in [6.45, 7) is -1.33. The molecule has 0 aliphatic heterocycles. The molecule has 0 fully saturated rings. The molecule has 0 saturated carbocycles. The van der Waals surface area contributed by atoms with Gasteiger partial charge in [-0.05, 0) is 6.07 Å². The Balaban J connectivity index is 2.56. The zero-order chi connectivity index (χ0) is 14.3. The number of aliphatic carboxylic acids is 2.